The van der Waals surface area contributed by atoms with Gasteiger partial charge in [0.15, 0.2) is 11.6 Å². The van der Waals surface area contributed by atoms with Gasteiger partial charge >= 0.3 is 10.2 Å². The predicted octanol–water partition coefficient (Wildman–Crippen LogP) is 3.59. The fourth-order valence-corrected chi connectivity index (χ4v) is 6.57. The zero-order chi connectivity index (χ0) is 27.8. The molecule has 0 amide bonds. The molecule has 2 aliphatic rings. The predicted molar refractivity (Wildman–Crippen MR) is 145 cm³/mol. The minimum Gasteiger partial charge on any atom is -0.453 e. The molecule has 2 N–H and O–H groups in total. The van der Waals surface area contributed by atoms with Crippen molar-refractivity contribution in [2.24, 2.45) is 11.3 Å². The van der Waals surface area contributed by atoms with Crippen LogP contribution in [-0.2, 0) is 16.8 Å². The Kier molecular flexibility index (Phi) is 7.33. The monoisotopic (exact) mass is 554 g/mol. The van der Waals surface area contributed by atoms with Crippen LogP contribution in [0.15, 0.2) is 41.5 Å². The molecule has 3 aromatic rings. The fourth-order valence-electron chi connectivity index (χ4n) is 5.63. The number of anilines is 1. The Balaban J connectivity index is 1.40. The summed E-state index contributed by atoms with van der Waals surface area (Å²) in [4.78, 5) is 17.7. The van der Waals surface area contributed by atoms with Crippen molar-refractivity contribution >= 4 is 26.8 Å². The summed E-state index contributed by atoms with van der Waals surface area (Å²) in [7, 11) is -2.58. The summed E-state index contributed by atoms with van der Waals surface area (Å²) < 4.78 is 50.5. The van der Waals surface area contributed by atoms with Gasteiger partial charge in [0.2, 0.25) is 0 Å². The number of benzene rings is 2. The summed E-state index contributed by atoms with van der Waals surface area (Å²) >= 11 is 0. The van der Waals surface area contributed by atoms with Crippen molar-refractivity contribution in [1.29, 1.82) is 5.26 Å². The van der Waals surface area contributed by atoms with Crippen LogP contribution in [0.25, 0.3) is 10.9 Å². The Morgan fingerprint density at radius 1 is 1.28 bits per heavy atom. The quantitative estimate of drug-likeness (QED) is 0.435. The average molecular weight is 555 g/mol. The normalized spacial score (nSPS) is 17.2. The summed E-state index contributed by atoms with van der Waals surface area (Å²) in [6, 6.07) is 8.60. The van der Waals surface area contributed by atoms with E-state index in [1.165, 1.54) is 38.1 Å². The molecule has 0 radical (unpaired) electrons. The summed E-state index contributed by atoms with van der Waals surface area (Å²) in [5.74, 6) is -0.747. The fraction of sp³-hybridized carbons (Fsp3) is 0.444. The SMILES string of the molecule is CCN(C)S(=O)(=O)Nc1ccc(F)c(Oc2ccc3ncn(CC4CC5(CCNCC5)C4)c(=O)c3c2)c1C#N. The maximum absolute atomic E-state index is 14.8. The molecule has 1 aliphatic carbocycles. The minimum atomic E-state index is -3.96. The van der Waals surface area contributed by atoms with Crippen LogP contribution in [0.2, 0.25) is 0 Å². The van der Waals surface area contributed by atoms with E-state index in [1.54, 1.807) is 23.9 Å². The number of fused-ring (bicyclic) bond motifs is 1. The molecule has 0 unspecified atom stereocenters. The number of nitrogens with one attached hydrogen (secondary N) is 2. The number of hydrogen-bond acceptors (Lipinski definition) is 7. The van der Waals surface area contributed by atoms with Gasteiger partial charge in [-0.05, 0) is 80.4 Å². The second-order valence-electron chi connectivity index (χ2n) is 10.4. The van der Waals surface area contributed by atoms with E-state index >= 15 is 0 Å². The number of piperidine rings is 1. The molecular formula is C27H31FN6O4S. The summed E-state index contributed by atoms with van der Waals surface area (Å²) in [5.41, 5.74) is 0.218. The molecule has 0 bridgehead atoms. The number of nitrogens with zero attached hydrogens (tertiary/aromatic N) is 4. The molecule has 10 nitrogen and oxygen atoms in total. The van der Waals surface area contributed by atoms with Crippen LogP contribution in [0.5, 0.6) is 11.5 Å². The van der Waals surface area contributed by atoms with Gasteiger partial charge in [0.1, 0.15) is 17.4 Å². The van der Waals surface area contributed by atoms with Crippen LogP contribution in [0, 0.1) is 28.5 Å². The van der Waals surface area contributed by atoms with Gasteiger partial charge in [-0.25, -0.2) is 9.37 Å². The molecule has 5 rings (SSSR count). The van der Waals surface area contributed by atoms with E-state index in [9.17, 15) is 22.9 Å². The lowest BCUT2D eigenvalue weighted by Gasteiger charge is -2.50. The van der Waals surface area contributed by atoms with Gasteiger partial charge in [-0.2, -0.15) is 18.0 Å². The molecule has 12 heteroatoms. The van der Waals surface area contributed by atoms with Crippen LogP contribution >= 0.6 is 0 Å². The van der Waals surface area contributed by atoms with Crippen LogP contribution < -0.4 is 20.3 Å². The van der Waals surface area contributed by atoms with Gasteiger partial charge in [-0.1, -0.05) is 6.92 Å². The smallest absolute Gasteiger partial charge is 0.301 e. The molecular weight excluding hydrogens is 523 g/mol. The number of nitriles is 1. The summed E-state index contributed by atoms with van der Waals surface area (Å²) in [6.07, 6.45) is 6.12. The van der Waals surface area contributed by atoms with E-state index in [0.29, 0.717) is 28.8 Å². The molecule has 0 atom stereocenters. The Labute approximate surface area is 226 Å². The molecule has 206 valence electrons. The van der Waals surface area contributed by atoms with Gasteiger partial charge < -0.3 is 10.1 Å². The Morgan fingerprint density at radius 3 is 2.72 bits per heavy atom. The average Bonchev–Trinajstić information content (AvgIpc) is 2.91. The van der Waals surface area contributed by atoms with E-state index in [-0.39, 0.29) is 29.1 Å². The minimum absolute atomic E-state index is 0.119. The lowest BCUT2D eigenvalue weighted by Crippen LogP contribution is -2.47. The van der Waals surface area contributed by atoms with Crippen molar-refractivity contribution in [3.05, 3.63) is 58.4 Å². The molecule has 1 saturated carbocycles. The lowest BCUT2D eigenvalue weighted by atomic mass is 9.58. The Hall–Kier alpha value is -3.53. The van der Waals surface area contributed by atoms with Gasteiger partial charge in [-0.15, -0.1) is 0 Å². The third-order valence-electron chi connectivity index (χ3n) is 7.89. The maximum atomic E-state index is 14.8. The third-order valence-corrected chi connectivity index (χ3v) is 9.45. The van der Waals surface area contributed by atoms with Gasteiger partial charge in [0.05, 0.1) is 22.9 Å². The molecule has 39 heavy (non-hydrogen) atoms. The molecule has 2 aromatic carbocycles. The second-order valence-corrected chi connectivity index (χ2v) is 12.2. The van der Waals surface area contributed by atoms with Crippen molar-refractivity contribution in [3.63, 3.8) is 0 Å². The molecule has 1 aromatic heterocycles. The Morgan fingerprint density at radius 2 is 2.03 bits per heavy atom. The molecule has 1 saturated heterocycles. The van der Waals surface area contributed by atoms with Crippen LogP contribution in [-0.4, -0.2) is 49.0 Å². The number of hydrogen-bond donors (Lipinski definition) is 2. The number of rotatable bonds is 8. The van der Waals surface area contributed by atoms with Crippen LogP contribution in [0.4, 0.5) is 10.1 Å². The molecule has 2 heterocycles. The topological polar surface area (TPSA) is 129 Å². The van der Waals surface area contributed by atoms with Gasteiger partial charge in [0, 0.05) is 20.1 Å². The first kappa shape index (κ1) is 27.1. The first-order chi connectivity index (χ1) is 18.6. The molecule has 2 fully saturated rings. The van der Waals surface area contributed by atoms with E-state index in [4.69, 9.17) is 4.74 Å². The Bertz CT molecular complexity index is 1600. The first-order valence-electron chi connectivity index (χ1n) is 13.0. The standard InChI is InChI=1S/C27H31FN6O4S/c1-3-33(2)39(36,37)32-24-7-5-22(28)25(21(24)15-29)38-19-4-6-23-20(12-19)26(35)34(17-31-23)16-18-13-27(14-18)8-10-30-11-9-27/h4-7,12,17-18,30,32H,3,8-11,13-14,16H2,1-2H3. The zero-order valence-electron chi connectivity index (χ0n) is 21.9. The second kappa shape index (κ2) is 10.6. The summed E-state index contributed by atoms with van der Waals surface area (Å²) in [5, 5.41) is 13.5. The van der Waals surface area contributed by atoms with Gasteiger partial charge in [0.25, 0.3) is 5.56 Å². The van der Waals surface area contributed by atoms with Crippen molar-refractivity contribution < 1.29 is 17.5 Å². The maximum Gasteiger partial charge on any atom is 0.301 e. The lowest BCUT2D eigenvalue weighted by molar-refractivity contribution is 0.0126. The highest BCUT2D eigenvalue weighted by Gasteiger charge is 2.44. The van der Waals surface area contributed by atoms with E-state index in [1.807, 2.05) is 6.07 Å². The molecule has 1 aliphatic heterocycles. The summed E-state index contributed by atoms with van der Waals surface area (Å²) in [6.45, 7) is 4.54. The third kappa shape index (κ3) is 5.34. The highest BCUT2D eigenvalue weighted by Crippen LogP contribution is 2.52. The van der Waals surface area contributed by atoms with Crippen molar-refractivity contribution in [2.45, 2.75) is 39.2 Å². The largest absolute Gasteiger partial charge is 0.453 e. The van der Waals surface area contributed by atoms with E-state index < -0.39 is 21.8 Å². The van der Waals surface area contributed by atoms with Crippen molar-refractivity contribution in [1.82, 2.24) is 19.2 Å². The van der Waals surface area contributed by atoms with Crippen LogP contribution in [0.3, 0.4) is 0 Å². The first-order valence-corrected chi connectivity index (χ1v) is 14.4. The van der Waals surface area contributed by atoms with Gasteiger partial charge in [-0.3, -0.25) is 14.1 Å². The van der Waals surface area contributed by atoms with E-state index in [0.717, 1.165) is 36.3 Å². The van der Waals surface area contributed by atoms with Crippen molar-refractivity contribution in [2.75, 3.05) is 31.4 Å². The van der Waals surface area contributed by atoms with Crippen molar-refractivity contribution in [3.8, 4) is 17.6 Å². The number of halogens is 1. The number of ether oxygens (including phenoxy) is 1. The number of aromatic nitrogens is 2. The van der Waals surface area contributed by atoms with Crippen LogP contribution in [0.1, 0.15) is 38.2 Å². The zero-order valence-corrected chi connectivity index (χ0v) is 22.7. The highest BCUT2D eigenvalue weighted by atomic mass is 32.2. The highest BCUT2D eigenvalue weighted by molar-refractivity contribution is 7.90. The molecule has 1 spiro atoms. The van der Waals surface area contributed by atoms with E-state index in [2.05, 4.69) is 15.0 Å².